The van der Waals surface area contributed by atoms with E-state index in [2.05, 4.69) is 16.0 Å². The summed E-state index contributed by atoms with van der Waals surface area (Å²) in [6.07, 6.45) is 2.01. The van der Waals surface area contributed by atoms with Crippen molar-refractivity contribution in [2.75, 3.05) is 17.7 Å². The van der Waals surface area contributed by atoms with Crippen LogP contribution in [0.5, 0.6) is 0 Å². The van der Waals surface area contributed by atoms with Gasteiger partial charge in [-0.2, -0.15) is 0 Å². The molecule has 4 aromatic carbocycles. The van der Waals surface area contributed by atoms with E-state index >= 15 is 0 Å². The fraction of sp³-hybridized carbons (Fsp3) is 0.128. The Labute approximate surface area is 303 Å². The minimum atomic E-state index is -0.557. The molecule has 0 aliphatic carbocycles. The number of hydrogen-bond acceptors (Lipinski definition) is 7. The fourth-order valence-electron chi connectivity index (χ4n) is 4.91. The number of methoxy groups -OCH3 is 1. The summed E-state index contributed by atoms with van der Waals surface area (Å²) >= 11 is 8.96. The van der Waals surface area contributed by atoms with Gasteiger partial charge in [0.05, 0.1) is 12.4 Å². The predicted molar refractivity (Wildman–Crippen MR) is 203 cm³/mol. The largest absolute Gasteiger partial charge is 0.465 e. The van der Waals surface area contributed by atoms with E-state index in [0.29, 0.717) is 44.4 Å². The number of hydrogen-bond donors (Lipinski definition) is 3. The number of esters is 1. The van der Waals surface area contributed by atoms with Gasteiger partial charge in [-0.3, -0.25) is 14.4 Å². The number of thioether (sulfide) groups is 1. The Morgan fingerprint density at radius 2 is 1.62 bits per heavy atom. The van der Waals surface area contributed by atoms with Crippen molar-refractivity contribution < 1.29 is 23.9 Å². The first-order valence-electron chi connectivity index (χ1n) is 15.6. The van der Waals surface area contributed by atoms with E-state index in [4.69, 9.17) is 16.3 Å². The van der Waals surface area contributed by atoms with Gasteiger partial charge >= 0.3 is 5.97 Å². The normalized spacial score (nSPS) is 11.7. The van der Waals surface area contributed by atoms with Crippen molar-refractivity contribution in [3.8, 4) is 11.1 Å². The molecule has 0 spiro atoms. The zero-order valence-electron chi connectivity index (χ0n) is 27.5. The molecule has 0 fully saturated rings. The molecule has 5 rings (SSSR count). The summed E-state index contributed by atoms with van der Waals surface area (Å²) in [4.78, 5) is 53.8. The average molecular weight is 724 g/mol. The zero-order valence-corrected chi connectivity index (χ0v) is 29.9. The molecular weight excluding hydrogens is 690 g/mol. The minimum absolute atomic E-state index is 0.00168. The lowest BCUT2D eigenvalue weighted by Gasteiger charge is -2.16. The number of benzene rings is 4. The number of anilines is 2. The van der Waals surface area contributed by atoms with Crippen LogP contribution in [0.2, 0.25) is 5.02 Å². The van der Waals surface area contributed by atoms with Crippen LogP contribution >= 0.6 is 34.7 Å². The Hall–Kier alpha value is -5.16. The summed E-state index contributed by atoms with van der Waals surface area (Å²) < 4.78 is 5.07. The highest BCUT2D eigenvalue weighted by Gasteiger charge is 2.26. The number of aryl methyl sites for hydroxylation is 1. The number of ether oxygens (including phenoxy) is 1. The van der Waals surface area contributed by atoms with Gasteiger partial charge in [0.2, 0.25) is 5.91 Å². The van der Waals surface area contributed by atoms with E-state index < -0.39 is 23.0 Å². The molecule has 50 heavy (non-hydrogen) atoms. The van der Waals surface area contributed by atoms with Gasteiger partial charge in [0.1, 0.15) is 16.3 Å². The van der Waals surface area contributed by atoms with Crippen molar-refractivity contribution in [1.82, 2.24) is 5.32 Å². The Kier molecular flexibility index (Phi) is 12.3. The van der Waals surface area contributed by atoms with Crippen molar-refractivity contribution in [2.24, 2.45) is 0 Å². The van der Waals surface area contributed by atoms with Gasteiger partial charge < -0.3 is 20.7 Å². The molecule has 1 heterocycles. The van der Waals surface area contributed by atoms with E-state index in [1.807, 2.05) is 49.6 Å². The fourth-order valence-corrected chi connectivity index (χ4v) is 7.08. The summed E-state index contributed by atoms with van der Waals surface area (Å²) in [6.45, 7) is 3.89. The van der Waals surface area contributed by atoms with Crippen LogP contribution in [0.1, 0.15) is 45.2 Å². The van der Waals surface area contributed by atoms with Crippen LogP contribution in [0.3, 0.4) is 0 Å². The second-order valence-corrected chi connectivity index (χ2v) is 13.7. The van der Waals surface area contributed by atoms with E-state index in [1.165, 1.54) is 36.3 Å². The lowest BCUT2D eigenvalue weighted by atomic mass is 10.0. The third kappa shape index (κ3) is 9.09. The number of carbonyl (C=O) groups excluding carboxylic acids is 4. The first kappa shape index (κ1) is 36.1. The van der Waals surface area contributed by atoms with Crippen LogP contribution in [0.25, 0.3) is 17.2 Å². The number of halogens is 1. The molecule has 1 unspecified atom stereocenters. The molecule has 3 amide bonds. The predicted octanol–water partition coefficient (Wildman–Crippen LogP) is 9.08. The Morgan fingerprint density at radius 1 is 0.900 bits per heavy atom. The maximum absolute atomic E-state index is 13.6. The van der Waals surface area contributed by atoms with Gasteiger partial charge in [-0.05, 0) is 66.9 Å². The monoisotopic (exact) mass is 723 g/mol. The quantitative estimate of drug-likeness (QED) is 0.0673. The highest BCUT2D eigenvalue weighted by atomic mass is 35.5. The van der Waals surface area contributed by atoms with Crippen molar-refractivity contribution in [3.63, 3.8) is 0 Å². The SMILES string of the molecule is CCC(Sc1cccc(NC(=O)/C(=C\c2ccccc2Cl)NC(=O)c2ccccc2)c1)C(=O)Nc1scc(-c2ccc(C)cc2)c1C(=O)OC. The van der Waals surface area contributed by atoms with Crippen molar-refractivity contribution >= 4 is 75.2 Å². The molecule has 1 aromatic heterocycles. The third-order valence-electron chi connectivity index (χ3n) is 7.55. The first-order chi connectivity index (χ1) is 24.2. The molecule has 8 nitrogen and oxygen atoms in total. The van der Waals surface area contributed by atoms with Crippen LogP contribution in [-0.2, 0) is 14.3 Å². The maximum Gasteiger partial charge on any atom is 0.341 e. The zero-order chi connectivity index (χ0) is 35.6. The second kappa shape index (κ2) is 17.0. The number of rotatable bonds is 12. The van der Waals surface area contributed by atoms with E-state index in [0.717, 1.165) is 16.0 Å². The van der Waals surface area contributed by atoms with Crippen LogP contribution in [0.15, 0.2) is 119 Å². The van der Waals surface area contributed by atoms with Crippen molar-refractivity contribution in [2.45, 2.75) is 30.4 Å². The smallest absolute Gasteiger partial charge is 0.341 e. The lowest BCUT2D eigenvalue weighted by Crippen LogP contribution is -2.30. The highest BCUT2D eigenvalue weighted by molar-refractivity contribution is 8.00. The number of thiophene rings is 1. The van der Waals surface area contributed by atoms with E-state index in [-0.39, 0.29) is 11.6 Å². The molecule has 11 heteroatoms. The molecule has 254 valence electrons. The highest BCUT2D eigenvalue weighted by Crippen LogP contribution is 2.37. The van der Waals surface area contributed by atoms with Gasteiger partial charge in [-0.25, -0.2) is 4.79 Å². The van der Waals surface area contributed by atoms with Crippen molar-refractivity contribution in [3.05, 3.63) is 141 Å². The standard InChI is InChI=1S/C39H34ClN3O5S2/c1-4-33(37(46)43-38-34(39(47)48-3)30(23-49-38)25-19-17-24(2)18-20-25)50-29-15-10-14-28(22-29)41-36(45)32(21-27-13-8-9-16-31(27)40)42-35(44)26-11-6-5-7-12-26/h5-23,33H,4H2,1-3H3,(H,41,45)(H,42,44)(H,43,46)/b32-21+. The summed E-state index contributed by atoms with van der Waals surface area (Å²) in [5, 5.41) is 10.7. The number of carbonyl (C=O) groups is 4. The molecule has 0 saturated heterocycles. The topological polar surface area (TPSA) is 114 Å². The lowest BCUT2D eigenvalue weighted by molar-refractivity contribution is -0.116. The molecule has 0 aliphatic heterocycles. The Morgan fingerprint density at radius 3 is 2.32 bits per heavy atom. The molecule has 0 saturated carbocycles. The van der Waals surface area contributed by atoms with Crippen LogP contribution < -0.4 is 16.0 Å². The summed E-state index contributed by atoms with van der Waals surface area (Å²) in [7, 11) is 1.31. The van der Waals surface area contributed by atoms with Crippen molar-refractivity contribution in [1.29, 1.82) is 0 Å². The van der Waals surface area contributed by atoms with Crippen LogP contribution in [-0.4, -0.2) is 36.1 Å². The third-order valence-corrected chi connectivity index (χ3v) is 10.1. The van der Waals surface area contributed by atoms with E-state index in [9.17, 15) is 19.2 Å². The second-order valence-electron chi connectivity index (χ2n) is 11.1. The van der Waals surface area contributed by atoms with Crippen LogP contribution in [0.4, 0.5) is 10.7 Å². The average Bonchev–Trinajstić information content (AvgIpc) is 3.54. The molecule has 0 radical (unpaired) electrons. The Bertz CT molecular complexity index is 2040. The minimum Gasteiger partial charge on any atom is -0.465 e. The molecule has 1 atom stereocenters. The summed E-state index contributed by atoms with van der Waals surface area (Å²) in [6, 6.07) is 30.4. The van der Waals surface area contributed by atoms with Gasteiger partial charge in [0.25, 0.3) is 11.8 Å². The summed E-state index contributed by atoms with van der Waals surface area (Å²) in [5.41, 5.74) is 4.33. The van der Waals surface area contributed by atoms with Crippen LogP contribution in [0, 0.1) is 6.92 Å². The molecule has 3 N–H and O–H groups in total. The van der Waals surface area contributed by atoms with E-state index in [1.54, 1.807) is 72.8 Å². The van der Waals surface area contributed by atoms with Gasteiger partial charge in [-0.15, -0.1) is 23.1 Å². The Balaban J connectivity index is 1.32. The van der Waals surface area contributed by atoms with Gasteiger partial charge in [0.15, 0.2) is 0 Å². The number of amides is 3. The molecule has 5 aromatic rings. The molecule has 0 bridgehead atoms. The maximum atomic E-state index is 13.6. The number of nitrogens with one attached hydrogen (secondary N) is 3. The summed E-state index contributed by atoms with van der Waals surface area (Å²) in [5.74, 6) is -1.82. The first-order valence-corrected chi connectivity index (χ1v) is 17.8. The molecule has 0 aliphatic rings. The molecular formula is C39H34ClN3O5S2. The van der Waals surface area contributed by atoms with Gasteiger partial charge in [-0.1, -0.05) is 90.8 Å². The van der Waals surface area contributed by atoms with Gasteiger partial charge in [0, 0.05) is 32.1 Å².